The van der Waals surface area contributed by atoms with E-state index in [4.69, 9.17) is 30.5 Å². The van der Waals surface area contributed by atoms with Crippen LogP contribution in [-0.2, 0) is 0 Å². The average Bonchev–Trinajstić information content (AvgIpc) is 2.81. The Morgan fingerprint density at radius 1 is 0.970 bits per heavy atom. The summed E-state index contributed by atoms with van der Waals surface area (Å²) >= 11 is 6.11. The summed E-state index contributed by atoms with van der Waals surface area (Å²) in [5, 5.41) is 14.6. The number of halogens is 1. The number of rotatable bonds is 9. The number of nitrogens with zero attached hydrogens (tertiary/aromatic N) is 1. The van der Waals surface area contributed by atoms with Gasteiger partial charge in [-0.1, -0.05) is 11.6 Å². The van der Waals surface area contributed by atoms with Crippen molar-refractivity contribution in [3.63, 3.8) is 0 Å². The number of ether oxygens (including phenoxy) is 4. The van der Waals surface area contributed by atoms with Crippen LogP contribution in [0.4, 0.5) is 11.4 Å². The summed E-state index contributed by atoms with van der Waals surface area (Å²) in [5.74, 6) is 1.04. The number of nitro groups is 1. The van der Waals surface area contributed by atoms with Crippen LogP contribution in [0, 0.1) is 10.1 Å². The molecule has 0 spiro atoms. The van der Waals surface area contributed by atoms with Gasteiger partial charge in [-0.25, -0.2) is 0 Å². The number of carbonyl (C=O) groups excluding carboxylic acids is 1. The maximum absolute atomic E-state index is 13.1. The molecule has 0 radical (unpaired) electrons. The third-order valence-corrected chi connectivity index (χ3v) is 4.74. The Kier molecular flexibility index (Phi) is 7.57. The molecule has 0 saturated carbocycles. The topological polar surface area (TPSA) is 109 Å². The summed E-state index contributed by atoms with van der Waals surface area (Å²) in [6.07, 6.45) is 0. The van der Waals surface area contributed by atoms with Gasteiger partial charge in [0.05, 0.1) is 37.5 Å². The molecule has 0 aliphatic rings. The van der Waals surface area contributed by atoms with Gasteiger partial charge in [0.25, 0.3) is 11.6 Å². The Bertz CT molecular complexity index is 1170. The lowest BCUT2D eigenvalue weighted by Crippen LogP contribution is -2.15. The first kappa shape index (κ1) is 23.7. The summed E-state index contributed by atoms with van der Waals surface area (Å²) in [5.41, 5.74) is -0.418. The third kappa shape index (κ3) is 5.64. The van der Waals surface area contributed by atoms with Crippen LogP contribution in [0.1, 0.15) is 17.3 Å². The Morgan fingerprint density at radius 3 is 2.27 bits per heavy atom. The Balaban J connectivity index is 1.96. The summed E-state index contributed by atoms with van der Waals surface area (Å²) in [6.45, 7) is 2.03. The van der Waals surface area contributed by atoms with Crippen LogP contribution < -0.4 is 24.3 Å². The van der Waals surface area contributed by atoms with Crippen molar-refractivity contribution in [2.75, 3.05) is 26.1 Å². The Labute approximate surface area is 194 Å². The summed E-state index contributed by atoms with van der Waals surface area (Å²) < 4.78 is 21.6. The first-order valence-corrected chi connectivity index (χ1v) is 10.2. The number of nitrogens with one attached hydrogen (secondary N) is 1. The van der Waals surface area contributed by atoms with Crippen molar-refractivity contribution in [1.29, 1.82) is 0 Å². The quantitative estimate of drug-likeness (QED) is 0.314. The van der Waals surface area contributed by atoms with Crippen LogP contribution in [0.3, 0.4) is 0 Å². The highest BCUT2D eigenvalue weighted by Gasteiger charge is 2.25. The number of benzene rings is 3. The minimum Gasteiger partial charge on any atom is -0.497 e. The van der Waals surface area contributed by atoms with Crippen molar-refractivity contribution in [3.8, 4) is 28.7 Å². The van der Waals surface area contributed by atoms with E-state index in [1.807, 2.05) is 0 Å². The second-order valence-electron chi connectivity index (χ2n) is 6.58. The van der Waals surface area contributed by atoms with E-state index in [0.717, 1.165) is 6.07 Å². The number of amides is 1. The zero-order valence-electron chi connectivity index (χ0n) is 18.1. The van der Waals surface area contributed by atoms with E-state index in [0.29, 0.717) is 22.3 Å². The predicted molar refractivity (Wildman–Crippen MR) is 123 cm³/mol. The predicted octanol–water partition coefficient (Wildman–Crippen LogP) is 5.71. The minimum absolute atomic E-state index is 0.145. The molecule has 0 aliphatic heterocycles. The lowest BCUT2D eigenvalue weighted by atomic mass is 10.1. The van der Waals surface area contributed by atoms with Crippen LogP contribution in [0.2, 0.25) is 5.02 Å². The van der Waals surface area contributed by atoms with Crippen molar-refractivity contribution in [2.45, 2.75) is 6.92 Å². The van der Waals surface area contributed by atoms with Gasteiger partial charge >= 0.3 is 0 Å². The van der Waals surface area contributed by atoms with Gasteiger partial charge in [-0.15, -0.1) is 0 Å². The molecule has 0 aromatic heterocycles. The number of methoxy groups -OCH3 is 2. The van der Waals surface area contributed by atoms with Gasteiger partial charge in [0.1, 0.15) is 17.1 Å². The van der Waals surface area contributed by atoms with Crippen LogP contribution in [0.15, 0.2) is 54.6 Å². The van der Waals surface area contributed by atoms with E-state index in [9.17, 15) is 14.9 Å². The second kappa shape index (κ2) is 10.6. The highest BCUT2D eigenvalue weighted by atomic mass is 35.5. The molecule has 0 aliphatic carbocycles. The average molecular weight is 473 g/mol. The molecule has 1 N–H and O–H groups in total. The summed E-state index contributed by atoms with van der Waals surface area (Å²) in [4.78, 5) is 24.0. The third-order valence-electron chi connectivity index (χ3n) is 4.50. The normalized spacial score (nSPS) is 10.3. The monoisotopic (exact) mass is 472 g/mol. The fourth-order valence-electron chi connectivity index (χ4n) is 2.96. The highest BCUT2D eigenvalue weighted by molar-refractivity contribution is 6.31. The molecule has 0 bridgehead atoms. The van der Waals surface area contributed by atoms with Crippen molar-refractivity contribution < 1.29 is 28.7 Å². The molecule has 0 heterocycles. The van der Waals surface area contributed by atoms with E-state index in [1.165, 1.54) is 19.2 Å². The molecule has 3 aromatic rings. The van der Waals surface area contributed by atoms with E-state index in [-0.39, 0.29) is 29.4 Å². The summed E-state index contributed by atoms with van der Waals surface area (Å²) in [7, 11) is 2.91. The van der Waals surface area contributed by atoms with Crippen LogP contribution in [0.5, 0.6) is 28.7 Å². The zero-order valence-corrected chi connectivity index (χ0v) is 18.8. The Morgan fingerprint density at radius 2 is 1.67 bits per heavy atom. The SMILES string of the molecule is CCOc1cc(C(=O)Nc2cc(Cl)ccc2Oc2ccc(OC)cc2)c([N+](=O)[O-])cc1OC. The molecule has 0 unspecified atom stereocenters. The maximum atomic E-state index is 13.1. The molecule has 0 saturated heterocycles. The van der Waals surface area contributed by atoms with Crippen molar-refractivity contribution >= 4 is 28.9 Å². The zero-order chi connectivity index (χ0) is 24.0. The molecule has 10 heteroatoms. The minimum atomic E-state index is -0.743. The molecule has 9 nitrogen and oxygen atoms in total. The number of carbonyl (C=O) groups is 1. The molecule has 3 aromatic carbocycles. The standard InChI is InChI=1S/C23H21ClN2O7/c1-4-32-22-12-17(19(26(28)29)13-21(22)31-3)23(27)25-18-11-14(24)5-10-20(18)33-16-8-6-15(30-2)7-9-16/h5-13H,4H2,1-3H3,(H,25,27). The van der Waals surface area contributed by atoms with Crippen LogP contribution in [0.25, 0.3) is 0 Å². The van der Waals surface area contributed by atoms with Gasteiger partial charge < -0.3 is 24.3 Å². The van der Waals surface area contributed by atoms with Gasteiger partial charge in [-0.2, -0.15) is 0 Å². The van der Waals surface area contributed by atoms with Gasteiger partial charge in [0, 0.05) is 11.1 Å². The summed E-state index contributed by atoms with van der Waals surface area (Å²) in [6, 6.07) is 13.9. The number of nitro benzene ring substituents is 1. The Hall–Kier alpha value is -3.98. The molecule has 33 heavy (non-hydrogen) atoms. The first-order valence-electron chi connectivity index (χ1n) is 9.78. The number of anilines is 1. The molecular formula is C23H21ClN2O7. The van der Waals surface area contributed by atoms with Gasteiger partial charge in [-0.3, -0.25) is 14.9 Å². The van der Waals surface area contributed by atoms with E-state index in [1.54, 1.807) is 50.4 Å². The fourth-order valence-corrected chi connectivity index (χ4v) is 3.13. The molecular weight excluding hydrogens is 452 g/mol. The number of hydrogen-bond acceptors (Lipinski definition) is 7. The van der Waals surface area contributed by atoms with Crippen molar-refractivity contribution in [2.24, 2.45) is 0 Å². The first-order chi connectivity index (χ1) is 15.9. The van der Waals surface area contributed by atoms with E-state index in [2.05, 4.69) is 5.32 Å². The van der Waals surface area contributed by atoms with Crippen molar-refractivity contribution in [1.82, 2.24) is 0 Å². The van der Waals surface area contributed by atoms with Gasteiger partial charge in [0.15, 0.2) is 17.2 Å². The van der Waals surface area contributed by atoms with Gasteiger partial charge in [0.2, 0.25) is 0 Å². The second-order valence-corrected chi connectivity index (χ2v) is 7.02. The highest BCUT2D eigenvalue weighted by Crippen LogP contribution is 2.37. The smallest absolute Gasteiger partial charge is 0.286 e. The number of hydrogen-bond donors (Lipinski definition) is 1. The van der Waals surface area contributed by atoms with E-state index < -0.39 is 16.5 Å². The van der Waals surface area contributed by atoms with Gasteiger partial charge in [-0.05, 0) is 49.4 Å². The fraction of sp³-hybridized carbons (Fsp3) is 0.174. The largest absolute Gasteiger partial charge is 0.497 e. The molecule has 1 amide bonds. The van der Waals surface area contributed by atoms with E-state index >= 15 is 0 Å². The van der Waals surface area contributed by atoms with Crippen LogP contribution >= 0.6 is 11.6 Å². The lowest BCUT2D eigenvalue weighted by molar-refractivity contribution is -0.385. The van der Waals surface area contributed by atoms with Crippen molar-refractivity contribution in [3.05, 3.63) is 75.3 Å². The molecule has 172 valence electrons. The molecule has 0 fully saturated rings. The maximum Gasteiger partial charge on any atom is 0.286 e. The molecule has 3 rings (SSSR count). The lowest BCUT2D eigenvalue weighted by Gasteiger charge is -2.15. The molecule has 0 atom stereocenters. The van der Waals surface area contributed by atoms with Crippen LogP contribution in [-0.4, -0.2) is 31.7 Å².